The number of nitrogens with zero attached hydrogens (tertiary/aromatic N) is 3. The standard InChI is InChI=1S/C29H37ClN6O6/c1-29(2,3)42-28(40)34-22(5-6-25(31)38)27(39)32-18-7-9-35(14-18)19-8-10-36-15-23(33-26(36)12-19)20-13-21(30)24(41-4)11-17(20)16-37/h8,10-13,15,18,22,37H,5-7,9,14,16H2,1-4H3,(H2,31,38)(H,32,39)(H,34,40)/t18?,22-/m0/s1. The van der Waals surface area contributed by atoms with E-state index >= 15 is 0 Å². The first-order chi connectivity index (χ1) is 19.9. The Bertz CT molecular complexity index is 1470. The van der Waals surface area contributed by atoms with Crippen LogP contribution in [-0.4, -0.2) is 70.3 Å². The molecule has 4 rings (SSSR count). The fourth-order valence-electron chi connectivity index (χ4n) is 4.84. The minimum atomic E-state index is -0.962. The predicted molar refractivity (Wildman–Crippen MR) is 158 cm³/mol. The summed E-state index contributed by atoms with van der Waals surface area (Å²) in [7, 11) is 1.52. The monoisotopic (exact) mass is 600 g/mol. The number of alkyl carbamates (subject to hydrolysis) is 1. The van der Waals surface area contributed by atoms with Crippen molar-refractivity contribution in [2.45, 2.75) is 64.3 Å². The molecule has 13 heteroatoms. The van der Waals surface area contributed by atoms with E-state index in [1.165, 1.54) is 7.11 Å². The zero-order valence-corrected chi connectivity index (χ0v) is 24.9. The van der Waals surface area contributed by atoms with Crippen molar-refractivity contribution in [3.63, 3.8) is 0 Å². The van der Waals surface area contributed by atoms with Crippen LogP contribution in [0.2, 0.25) is 5.02 Å². The fourth-order valence-corrected chi connectivity index (χ4v) is 5.08. The van der Waals surface area contributed by atoms with E-state index in [0.29, 0.717) is 52.8 Å². The quantitative estimate of drug-likeness (QED) is 0.276. The summed E-state index contributed by atoms with van der Waals surface area (Å²) < 4.78 is 12.4. The number of aliphatic hydroxyl groups excluding tert-OH is 1. The van der Waals surface area contributed by atoms with Gasteiger partial charge < -0.3 is 40.2 Å². The first kappa shape index (κ1) is 30.9. The lowest BCUT2D eigenvalue weighted by Gasteiger charge is -2.24. The van der Waals surface area contributed by atoms with Gasteiger partial charge in [-0.2, -0.15) is 0 Å². The maximum atomic E-state index is 13.1. The summed E-state index contributed by atoms with van der Waals surface area (Å²) >= 11 is 6.34. The van der Waals surface area contributed by atoms with E-state index in [4.69, 9.17) is 31.8 Å². The molecule has 1 fully saturated rings. The third kappa shape index (κ3) is 7.62. The molecule has 12 nitrogen and oxygen atoms in total. The van der Waals surface area contributed by atoms with Crippen LogP contribution in [0.1, 0.15) is 45.6 Å². The molecular formula is C29H37ClN6O6. The Kier molecular flexibility index (Phi) is 9.47. The van der Waals surface area contributed by atoms with Crippen LogP contribution in [-0.2, 0) is 20.9 Å². The van der Waals surface area contributed by atoms with Gasteiger partial charge in [0.1, 0.15) is 23.0 Å². The Hall–Kier alpha value is -4.03. The number of pyridine rings is 1. The second kappa shape index (κ2) is 12.9. The van der Waals surface area contributed by atoms with Crippen LogP contribution in [0.4, 0.5) is 10.5 Å². The Balaban J connectivity index is 1.44. The molecule has 0 spiro atoms. The SMILES string of the molecule is COc1cc(CO)c(-c2cn3ccc(N4CCC(NC(=O)[C@H](CCC(N)=O)NC(=O)OC(C)(C)C)C4)cc3n2)cc1Cl. The number of primary amides is 1. The van der Waals surface area contributed by atoms with Crippen LogP contribution in [0.5, 0.6) is 5.75 Å². The molecule has 1 aliphatic heterocycles. The maximum absolute atomic E-state index is 13.1. The maximum Gasteiger partial charge on any atom is 0.408 e. The van der Waals surface area contributed by atoms with Gasteiger partial charge in [-0.15, -0.1) is 0 Å². The molecule has 2 aromatic heterocycles. The van der Waals surface area contributed by atoms with Gasteiger partial charge >= 0.3 is 6.09 Å². The first-order valence-corrected chi connectivity index (χ1v) is 14.0. The number of carbonyl (C=O) groups excluding carboxylic acids is 3. The molecule has 1 unspecified atom stereocenters. The number of anilines is 1. The van der Waals surface area contributed by atoms with Crippen molar-refractivity contribution >= 4 is 40.8 Å². The van der Waals surface area contributed by atoms with E-state index in [-0.39, 0.29) is 25.5 Å². The number of nitrogens with one attached hydrogen (secondary N) is 2. The van der Waals surface area contributed by atoms with E-state index in [1.807, 2.05) is 28.9 Å². The second-order valence-electron chi connectivity index (χ2n) is 11.2. The summed E-state index contributed by atoms with van der Waals surface area (Å²) in [4.78, 5) is 43.6. The highest BCUT2D eigenvalue weighted by Gasteiger charge is 2.29. The molecule has 0 aliphatic carbocycles. The summed E-state index contributed by atoms with van der Waals surface area (Å²) in [5.74, 6) is -0.489. The highest BCUT2D eigenvalue weighted by molar-refractivity contribution is 6.32. The molecule has 0 radical (unpaired) electrons. The van der Waals surface area contributed by atoms with Crippen molar-refractivity contribution in [3.05, 3.63) is 47.2 Å². The van der Waals surface area contributed by atoms with E-state index in [0.717, 1.165) is 5.69 Å². The topological polar surface area (TPSA) is 161 Å². The molecule has 1 aromatic carbocycles. The smallest absolute Gasteiger partial charge is 0.408 e. The van der Waals surface area contributed by atoms with Gasteiger partial charge in [0.05, 0.1) is 24.4 Å². The zero-order chi connectivity index (χ0) is 30.6. The minimum Gasteiger partial charge on any atom is -0.495 e. The summed E-state index contributed by atoms with van der Waals surface area (Å²) in [6.07, 6.45) is 3.73. The number of methoxy groups -OCH3 is 1. The number of nitrogens with two attached hydrogens (primary N) is 1. The number of rotatable bonds is 10. The average Bonchev–Trinajstić information content (AvgIpc) is 3.56. The van der Waals surface area contributed by atoms with Crippen molar-refractivity contribution < 1.29 is 29.0 Å². The van der Waals surface area contributed by atoms with E-state index in [2.05, 4.69) is 15.5 Å². The van der Waals surface area contributed by atoms with Crippen molar-refractivity contribution in [2.24, 2.45) is 5.73 Å². The number of hydrogen-bond donors (Lipinski definition) is 4. The molecule has 1 saturated heterocycles. The van der Waals surface area contributed by atoms with Gasteiger partial charge in [-0.25, -0.2) is 9.78 Å². The van der Waals surface area contributed by atoms with Crippen molar-refractivity contribution in [1.29, 1.82) is 0 Å². The van der Waals surface area contributed by atoms with E-state index in [1.54, 1.807) is 32.9 Å². The van der Waals surface area contributed by atoms with Crippen LogP contribution in [0.25, 0.3) is 16.9 Å². The number of benzene rings is 1. The predicted octanol–water partition coefficient (Wildman–Crippen LogP) is 3.01. The average molecular weight is 601 g/mol. The third-order valence-corrected chi connectivity index (χ3v) is 7.15. The Morgan fingerprint density at radius 1 is 1.26 bits per heavy atom. The number of ether oxygens (including phenoxy) is 2. The Morgan fingerprint density at radius 3 is 2.69 bits per heavy atom. The van der Waals surface area contributed by atoms with E-state index < -0.39 is 29.6 Å². The molecule has 5 N–H and O–H groups in total. The van der Waals surface area contributed by atoms with Gasteiger partial charge in [-0.05, 0) is 57.4 Å². The van der Waals surface area contributed by atoms with Crippen molar-refractivity contribution in [1.82, 2.24) is 20.0 Å². The highest BCUT2D eigenvalue weighted by atomic mass is 35.5. The zero-order valence-electron chi connectivity index (χ0n) is 24.1. The molecule has 3 heterocycles. The minimum absolute atomic E-state index is 0.0560. The van der Waals surface area contributed by atoms with Crippen molar-refractivity contribution in [3.8, 4) is 17.0 Å². The normalized spacial score (nSPS) is 15.9. The molecule has 226 valence electrons. The Morgan fingerprint density at radius 2 is 2.02 bits per heavy atom. The van der Waals surface area contributed by atoms with Gasteiger partial charge in [0.25, 0.3) is 0 Å². The molecule has 2 atom stereocenters. The molecule has 0 bridgehead atoms. The summed E-state index contributed by atoms with van der Waals surface area (Å²) in [6, 6.07) is 6.22. The fraction of sp³-hybridized carbons (Fsp3) is 0.448. The highest BCUT2D eigenvalue weighted by Crippen LogP contribution is 2.34. The molecule has 42 heavy (non-hydrogen) atoms. The lowest BCUT2D eigenvalue weighted by molar-refractivity contribution is -0.124. The van der Waals surface area contributed by atoms with Crippen molar-refractivity contribution in [2.75, 3.05) is 25.1 Å². The van der Waals surface area contributed by atoms with Crippen LogP contribution in [0.15, 0.2) is 36.7 Å². The molecule has 1 aliphatic rings. The molecular weight excluding hydrogens is 564 g/mol. The van der Waals surface area contributed by atoms with Crippen LogP contribution in [0.3, 0.4) is 0 Å². The van der Waals surface area contributed by atoms with E-state index in [9.17, 15) is 19.5 Å². The van der Waals surface area contributed by atoms with Crippen LogP contribution < -0.4 is 26.0 Å². The summed E-state index contributed by atoms with van der Waals surface area (Å²) in [5, 5.41) is 15.9. The number of imidazole rings is 1. The van der Waals surface area contributed by atoms with Crippen LogP contribution in [0, 0.1) is 0 Å². The number of fused-ring (bicyclic) bond motifs is 1. The van der Waals surface area contributed by atoms with Crippen LogP contribution >= 0.6 is 11.6 Å². The summed E-state index contributed by atoms with van der Waals surface area (Å²) in [5.41, 5.74) is 8.20. The van der Waals surface area contributed by atoms with Gasteiger partial charge in [0.15, 0.2) is 0 Å². The van der Waals surface area contributed by atoms with Gasteiger partial charge in [-0.3, -0.25) is 9.59 Å². The largest absolute Gasteiger partial charge is 0.495 e. The molecule has 0 saturated carbocycles. The number of aliphatic hydroxyl groups is 1. The lowest BCUT2D eigenvalue weighted by atomic mass is 10.1. The number of aromatic nitrogens is 2. The Labute approximate surface area is 249 Å². The molecule has 3 aromatic rings. The summed E-state index contributed by atoms with van der Waals surface area (Å²) in [6.45, 7) is 6.22. The lowest BCUT2D eigenvalue weighted by Crippen LogP contribution is -2.51. The first-order valence-electron chi connectivity index (χ1n) is 13.7. The van der Waals surface area contributed by atoms with Gasteiger partial charge in [0.2, 0.25) is 11.8 Å². The van der Waals surface area contributed by atoms with Gasteiger partial charge in [-0.1, -0.05) is 11.6 Å². The second-order valence-corrected chi connectivity index (χ2v) is 11.6. The third-order valence-electron chi connectivity index (χ3n) is 6.85. The number of hydrogen-bond acceptors (Lipinski definition) is 8. The number of amides is 3. The van der Waals surface area contributed by atoms with Gasteiger partial charge in [0, 0.05) is 55.3 Å². The number of carbonyl (C=O) groups is 3. The molecule has 3 amide bonds. The number of halogens is 1.